The molecule has 0 bridgehead atoms. The number of aromatic nitrogens is 1. The van der Waals surface area contributed by atoms with Crippen LogP contribution in [0, 0.1) is 6.92 Å². The first-order valence-corrected chi connectivity index (χ1v) is 9.32. The number of hydrogen-bond donors (Lipinski definition) is 1. The molecule has 6 heteroatoms. The van der Waals surface area contributed by atoms with Gasteiger partial charge in [0.15, 0.2) is 0 Å². The SMILES string of the molecule is CC(=O)CCc1ccc(OC(C)=O)c(C)c1C(=O)Nc1cccc2cccnc12. The smallest absolute Gasteiger partial charge is 0.308 e. The van der Waals surface area contributed by atoms with E-state index < -0.39 is 5.97 Å². The Hall–Kier alpha value is -3.54. The summed E-state index contributed by atoms with van der Waals surface area (Å²) in [6.07, 6.45) is 2.42. The molecule has 29 heavy (non-hydrogen) atoms. The van der Waals surface area contributed by atoms with Crippen LogP contribution in [0.5, 0.6) is 5.75 Å². The Balaban J connectivity index is 2.02. The minimum atomic E-state index is -0.464. The average Bonchev–Trinajstić information content (AvgIpc) is 2.68. The summed E-state index contributed by atoms with van der Waals surface area (Å²) >= 11 is 0. The number of fused-ring (bicyclic) bond motifs is 1. The molecule has 148 valence electrons. The fourth-order valence-corrected chi connectivity index (χ4v) is 3.24. The summed E-state index contributed by atoms with van der Waals surface area (Å²) in [6, 6.07) is 12.7. The molecule has 1 heterocycles. The first-order valence-electron chi connectivity index (χ1n) is 9.32. The zero-order chi connectivity index (χ0) is 21.0. The lowest BCUT2D eigenvalue weighted by Crippen LogP contribution is -2.18. The molecule has 0 fully saturated rings. The van der Waals surface area contributed by atoms with E-state index in [1.165, 1.54) is 13.8 Å². The lowest BCUT2D eigenvalue weighted by Gasteiger charge is -2.16. The molecular formula is C23H22N2O4. The van der Waals surface area contributed by atoms with Crippen LogP contribution in [-0.2, 0) is 16.0 Å². The number of para-hydroxylation sites is 1. The van der Waals surface area contributed by atoms with Gasteiger partial charge in [0.05, 0.1) is 11.2 Å². The van der Waals surface area contributed by atoms with Crippen molar-refractivity contribution >= 4 is 34.3 Å². The van der Waals surface area contributed by atoms with E-state index in [0.717, 1.165) is 10.9 Å². The minimum Gasteiger partial charge on any atom is -0.426 e. The number of rotatable bonds is 6. The molecule has 2 aromatic carbocycles. The van der Waals surface area contributed by atoms with Crippen molar-refractivity contribution in [3.8, 4) is 5.75 Å². The Kier molecular flexibility index (Phi) is 6.02. The average molecular weight is 390 g/mol. The number of amides is 1. The van der Waals surface area contributed by atoms with Crippen molar-refractivity contribution < 1.29 is 19.1 Å². The van der Waals surface area contributed by atoms with Crippen molar-refractivity contribution in [2.75, 3.05) is 5.32 Å². The van der Waals surface area contributed by atoms with Gasteiger partial charge in [-0.05, 0) is 44.0 Å². The lowest BCUT2D eigenvalue weighted by molar-refractivity contribution is -0.132. The van der Waals surface area contributed by atoms with Gasteiger partial charge in [0, 0.05) is 36.1 Å². The van der Waals surface area contributed by atoms with Gasteiger partial charge in [-0.3, -0.25) is 14.6 Å². The summed E-state index contributed by atoms with van der Waals surface area (Å²) < 4.78 is 5.24. The number of carbonyl (C=O) groups is 3. The Morgan fingerprint density at radius 2 is 1.79 bits per heavy atom. The first kappa shape index (κ1) is 20.2. The van der Waals surface area contributed by atoms with Crippen molar-refractivity contribution in [1.82, 2.24) is 4.98 Å². The number of esters is 1. The molecule has 1 aromatic heterocycles. The van der Waals surface area contributed by atoms with Gasteiger partial charge in [-0.25, -0.2) is 0 Å². The van der Waals surface area contributed by atoms with Crippen molar-refractivity contribution in [3.05, 3.63) is 65.4 Å². The van der Waals surface area contributed by atoms with Gasteiger partial charge < -0.3 is 14.8 Å². The highest BCUT2D eigenvalue weighted by Crippen LogP contribution is 2.28. The molecular weight excluding hydrogens is 368 g/mol. The zero-order valence-electron chi connectivity index (χ0n) is 16.6. The normalized spacial score (nSPS) is 10.6. The molecule has 1 amide bonds. The Labute approximate surface area is 168 Å². The van der Waals surface area contributed by atoms with E-state index >= 15 is 0 Å². The van der Waals surface area contributed by atoms with E-state index in [1.54, 1.807) is 31.3 Å². The quantitative estimate of drug-likeness (QED) is 0.503. The fourth-order valence-electron chi connectivity index (χ4n) is 3.24. The summed E-state index contributed by atoms with van der Waals surface area (Å²) in [7, 11) is 0. The van der Waals surface area contributed by atoms with Crippen LogP contribution in [0.3, 0.4) is 0 Å². The highest BCUT2D eigenvalue weighted by Gasteiger charge is 2.20. The van der Waals surface area contributed by atoms with Crippen molar-refractivity contribution in [3.63, 3.8) is 0 Å². The predicted molar refractivity (Wildman–Crippen MR) is 111 cm³/mol. The van der Waals surface area contributed by atoms with Gasteiger partial charge >= 0.3 is 5.97 Å². The number of pyridine rings is 1. The molecule has 1 N–H and O–H groups in total. The van der Waals surface area contributed by atoms with Crippen molar-refractivity contribution in [2.45, 2.75) is 33.6 Å². The number of hydrogen-bond acceptors (Lipinski definition) is 5. The van der Waals surface area contributed by atoms with Crippen LogP contribution < -0.4 is 10.1 Å². The third-order valence-corrected chi connectivity index (χ3v) is 4.61. The predicted octanol–water partition coefficient (Wildman–Crippen LogP) is 4.24. The van der Waals surface area contributed by atoms with E-state index in [-0.39, 0.29) is 11.7 Å². The van der Waals surface area contributed by atoms with Gasteiger partial charge in [-0.1, -0.05) is 24.3 Å². The van der Waals surface area contributed by atoms with Crippen molar-refractivity contribution in [2.24, 2.45) is 0 Å². The number of nitrogens with one attached hydrogen (secondary N) is 1. The minimum absolute atomic E-state index is 0.0383. The van der Waals surface area contributed by atoms with Crippen LogP contribution >= 0.6 is 0 Å². The molecule has 0 unspecified atom stereocenters. The van der Waals surface area contributed by atoms with Gasteiger partial charge in [-0.15, -0.1) is 0 Å². The molecule has 3 aromatic rings. The first-order chi connectivity index (χ1) is 13.9. The Bertz CT molecular complexity index is 1100. The third kappa shape index (κ3) is 4.66. The molecule has 0 aliphatic rings. The third-order valence-electron chi connectivity index (χ3n) is 4.61. The van der Waals surface area contributed by atoms with E-state index in [9.17, 15) is 14.4 Å². The maximum absolute atomic E-state index is 13.2. The number of nitrogens with zero attached hydrogens (tertiary/aromatic N) is 1. The van der Waals surface area contributed by atoms with E-state index in [2.05, 4.69) is 10.3 Å². The Morgan fingerprint density at radius 1 is 1.03 bits per heavy atom. The number of ketones is 1. The standard InChI is InChI=1S/C23H22N2O4/c1-14(26)9-10-17-11-12-20(29-16(3)27)15(2)21(17)23(28)25-19-8-4-6-18-7-5-13-24-22(18)19/h4-8,11-13H,9-10H2,1-3H3,(H,25,28). The second-order valence-corrected chi connectivity index (χ2v) is 6.85. The monoisotopic (exact) mass is 390 g/mol. The summed E-state index contributed by atoms with van der Waals surface area (Å²) in [5.41, 5.74) is 2.94. The largest absolute Gasteiger partial charge is 0.426 e. The summed E-state index contributed by atoms with van der Waals surface area (Å²) in [5, 5.41) is 3.83. The number of ether oxygens (including phenoxy) is 1. The number of benzene rings is 2. The maximum Gasteiger partial charge on any atom is 0.308 e. The summed E-state index contributed by atoms with van der Waals surface area (Å²) in [4.78, 5) is 40.4. The fraction of sp³-hybridized carbons (Fsp3) is 0.217. The van der Waals surface area contributed by atoms with Gasteiger partial charge in [-0.2, -0.15) is 0 Å². The van der Waals surface area contributed by atoms with Crippen LogP contribution in [0.15, 0.2) is 48.7 Å². The molecule has 0 saturated carbocycles. The highest BCUT2D eigenvalue weighted by atomic mass is 16.5. The number of carbonyl (C=O) groups excluding carboxylic acids is 3. The van der Waals surface area contributed by atoms with Gasteiger partial charge in [0.1, 0.15) is 11.5 Å². The van der Waals surface area contributed by atoms with Crippen LogP contribution in [-0.4, -0.2) is 22.6 Å². The lowest BCUT2D eigenvalue weighted by atomic mass is 9.96. The molecule has 0 saturated heterocycles. The summed E-state index contributed by atoms with van der Waals surface area (Å²) in [6.45, 7) is 4.55. The second-order valence-electron chi connectivity index (χ2n) is 6.85. The topological polar surface area (TPSA) is 85.4 Å². The van der Waals surface area contributed by atoms with Crippen LogP contribution in [0.2, 0.25) is 0 Å². The zero-order valence-corrected chi connectivity index (χ0v) is 16.6. The molecule has 6 nitrogen and oxygen atoms in total. The maximum atomic E-state index is 13.2. The van der Waals surface area contributed by atoms with Gasteiger partial charge in [0.25, 0.3) is 5.91 Å². The second kappa shape index (κ2) is 8.65. The molecule has 0 aliphatic heterocycles. The van der Waals surface area contributed by atoms with E-state index in [0.29, 0.717) is 40.9 Å². The number of aryl methyl sites for hydroxylation is 1. The molecule has 0 atom stereocenters. The molecule has 0 radical (unpaired) electrons. The molecule has 0 aliphatic carbocycles. The molecule has 0 spiro atoms. The molecule has 3 rings (SSSR count). The van der Waals surface area contributed by atoms with Crippen LogP contribution in [0.4, 0.5) is 5.69 Å². The summed E-state index contributed by atoms with van der Waals surface area (Å²) in [5.74, 6) is -0.441. The Morgan fingerprint density at radius 3 is 2.52 bits per heavy atom. The number of Topliss-reactive ketones (excluding diaryl/α,β-unsaturated/α-hetero) is 1. The number of anilines is 1. The highest BCUT2D eigenvalue weighted by molar-refractivity contribution is 6.10. The van der Waals surface area contributed by atoms with E-state index in [1.807, 2.05) is 24.3 Å². The van der Waals surface area contributed by atoms with Crippen LogP contribution in [0.1, 0.15) is 41.8 Å². The van der Waals surface area contributed by atoms with Gasteiger partial charge in [0.2, 0.25) is 0 Å². The van der Waals surface area contributed by atoms with Crippen molar-refractivity contribution in [1.29, 1.82) is 0 Å². The van der Waals surface area contributed by atoms with Crippen LogP contribution in [0.25, 0.3) is 10.9 Å². The van der Waals surface area contributed by atoms with E-state index in [4.69, 9.17) is 4.74 Å².